The summed E-state index contributed by atoms with van der Waals surface area (Å²) in [6.07, 6.45) is 1.56. The monoisotopic (exact) mass is 187 g/mol. The number of carbonyl (C=O) groups is 1. The van der Waals surface area contributed by atoms with Gasteiger partial charge in [0.25, 0.3) is 0 Å². The van der Waals surface area contributed by atoms with Gasteiger partial charge in [0.15, 0.2) is 0 Å². The molecule has 0 rings (SSSR count). The Labute approximate surface area is 80.6 Å². The van der Waals surface area contributed by atoms with Gasteiger partial charge in [-0.3, -0.25) is 4.79 Å². The lowest BCUT2D eigenvalue weighted by Crippen LogP contribution is -2.46. The second kappa shape index (κ2) is 5.22. The van der Waals surface area contributed by atoms with E-state index in [2.05, 4.69) is 0 Å². The molecule has 3 nitrogen and oxygen atoms in total. The van der Waals surface area contributed by atoms with E-state index in [1.54, 1.807) is 6.92 Å². The standard InChI is InChI=1S/C10H21NO2/c1-5-6-10(4,11)9(12)13-7-8(2)3/h8H,5-7,11H2,1-4H3. The Kier molecular flexibility index (Phi) is 4.99. The third-order valence-electron chi connectivity index (χ3n) is 1.78. The van der Waals surface area contributed by atoms with Gasteiger partial charge in [-0.25, -0.2) is 0 Å². The fourth-order valence-electron chi connectivity index (χ4n) is 1.03. The normalized spacial score (nSPS) is 15.5. The lowest BCUT2D eigenvalue weighted by atomic mass is 9.98. The van der Waals surface area contributed by atoms with E-state index in [9.17, 15) is 4.79 Å². The van der Waals surface area contributed by atoms with Crippen molar-refractivity contribution < 1.29 is 9.53 Å². The van der Waals surface area contributed by atoms with Crippen LogP contribution in [-0.2, 0) is 9.53 Å². The smallest absolute Gasteiger partial charge is 0.325 e. The molecule has 0 aromatic heterocycles. The van der Waals surface area contributed by atoms with Gasteiger partial charge in [0.2, 0.25) is 0 Å². The van der Waals surface area contributed by atoms with Crippen LogP contribution in [0.5, 0.6) is 0 Å². The number of hydrogen-bond donors (Lipinski definition) is 1. The lowest BCUT2D eigenvalue weighted by molar-refractivity contribution is -0.150. The molecule has 1 atom stereocenters. The van der Waals surface area contributed by atoms with Gasteiger partial charge in [0, 0.05) is 0 Å². The van der Waals surface area contributed by atoms with Gasteiger partial charge < -0.3 is 10.5 Å². The van der Waals surface area contributed by atoms with E-state index in [1.807, 2.05) is 20.8 Å². The van der Waals surface area contributed by atoms with Gasteiger partial charge in [0.05, 0.1) is 6.61 Å². The molecule has 0 aliphatic rings. The number of rotatable bonds is 5. The van der Waals surface area contributed by atoms with Crippen molar-refractivity contribution in [1.29, 1.82) is 0 Å². The maximum atomic E-state index is 11.4. The quantitative estimate of drug-likeness (QED) is 0.666. The summed E-state index contributed by atoms with van der Waals surface area (Å²) in [5.41, 5.74) is 4.97. The van der Waals surface area contributed by atoms with Crippen LogP contribution in [0.2, 0.25) is 0 Å². The molecule has 1 unspecified atom stereocenters. The summed E-state index contributed by atoms with van der Waals surface area (Å²) in [7, 11) is 0. The largest absolute Gasteiger partial charge is 0.464 e. The van der Waals surface area contributed by atoms with E-state index in [0.717, 1.165) is 6.42 Å². The Hall–Kier alpha value is -0.570. The Balaban J connectivity index is 3.94. The third kappa shape index (κ3) is 4.88. The van der Waals surface area contributed by atoms with Crippen molar-refractivity contribution in [2.75, 3.05) is 6.61 Å². The Bertz CT molecular complexity index is 164. The molecule has 0 aromatic rings. The number of ether oxygens (including phenoxy) is 1. The molecule has 0 aliphatic heterocycles. The van der Waals surface area contributed by atoms with Gasteiger partial charge in [-0.1, -0.05) is 27.2 Å². The van der Waals surface area contributed by atoms with E-state index in [1.165, 1.54) is 0 Å². The minimum Gasteiger partial charge on any atom is -0.464 e. The van der Waals surface area contributed by atoms with Crippen LogP contribution in [0.3, 0.4) is 0 Å². The maximum Gasteiger partial charge on any atom is 0.325 e. The first kappa shape index (κ1) is 12.4. The number of carbonyl (C=O) groups excluding carboxylic acids is 1. The van der Waals surface area contributed by atoms with Crippen molar-refractivity contribution in [2.45, 2.75) is 46.1 Å². The van der Waals surface area contributed by atoms with Crippen molar-refractivity contribution in [1.82, 2.24) is 0 Å². The molecule has 0 aliphatic carbocycles. The van der Waals surface area contributed by atoms with E-state index in [4.69, 9.17) is 10.5 Å². The van der Waals surface area contributed by atoms with Crippen LogP contribution in [0.1, 0.15) is 40.5 Å². The number of esters is 1. The molecule has 0 radical (unpaired) electrons. The summed E-state index contributed by atoms with van der Waals surface area (Å²) in [6, 6.07) is 0. The van der Waals surface area contributed by atoms with Crippen molar-refractivity contribution in [3.8, 4) is 0 Å². The molecular formula is C10H21NO2. The molecule has 0 aromatic carbocycles. The summed E-state index contributed by atoms with van der Waals surface area (Å²) in [5.74, 6) is 0.0735. The molecule has 13 heavy (non-hydrogen) atoms. The number of hydrogen-bond acceptors (Lipinski definition) is 3. The summed E-state index contributed by atoms with van der Waals surface area (Å²) in [5, 5.41) is 0. The van der Waals surface area contributed by atoms with Crippen molar-refractivity contribution in [2.24, 2.45) is 11.7 Å². The van der Waals surface area contributed by atoms with Gasteiger partial charge in [-0.2, -0.15) is 0 Å². The molecule has 2 N–H and O–H groups in total. The summed E-state index contributed by atoms with van der Waals surface area (Å²) in [6.45, 7) is 8.18. The second-order valence-corrected chi connectivity index (χ2v) is 4.16. The minimum absolute atomic E-state index is 0.289. The van der Waals surface area contributed by atoms with Crippen LogP contribution in [-0.4, -0.2) is 18.1 Å². The Morgan fingerprint density at radius 3 is 2.46 bits per heavy atom. The molecular weight excluding hydrogens is 166 g/mol. The third-order valence-corrected chi connectivity index (χ3v) is 1.78. The van der Waals surface area contributed by atoms with E-state index >= 15 is 0 Å². The highest BCUT2D eigenvalue weighted by Gasteiger charge is 2.28. The van der Waals surface area contributed by atoms with Crippen LogP contribution in [0, 0.1) is 5.92 Å². The fourth-order valence-corrected chi connectivity index (χ4v) is 1.03. The highest BCUT2D eigenvalue weighted by atomic mass is 16.5. The molecule has 0 saturated carbocycles. The average Bonchev–Trinajstić information content (AvgIpc) is 1.99. The number of nitrogens with two attached hydrogens (primary N) is 1. The van der Waals surface area contributed by atoms with Crippen LogP contribution < -0.4 is 5.73 Å². The minimum atomic E-state index is -0.816. The van der Waals surface area contributed by atoms with E-state index in [0.29, 0.717) is 18.9 Å². The molecule has 78 valence electrons. The highest BCUT2D eigenvalue weighted by molar-refractivity contribution is 5.79. The summed E-state index contributed by atoms with van der Waals surface area (Å²) in [4.78, 5) is 11.4. The van der Waals surface area contributed by atoms with Crippen LogP contribution in [0.15, 0.2) is 0 Å². The predicted molar refractivity (Wildman–Crippen MR) is 53.3 cm³/mol. The summed E-state index contributed by atoms with van der Waals surface area (Å²) < 4.78 is 5.06. The van der Waals surface area contributed by atoms with Gasteiger partial charge in [0.1, 0.15) is 5.54 Å². The first-order chi connectivity index (χ1) is 5.90. The van der Waals surface area contributed by atoms with Gasteiger partial charge in [-0.05, 0) is 19.3 Å². The zero-order chi connectivity index (χ0) is 10.5. The fraction of sp³-hybridized carbons (Fsp3) is 0.900. The zero-order valence-corrected chi connectivity index (χ0v) is 9.09. The second-order valence-electron chi connectivity index (χ2n) is 4.16. The van der Waals surface area contributed by atoms with Crippen molar-refractivity contribution >= 4 is 5.97 Å². The molecule has 0 heterocycles. The molecule has 3 heteroatoms. The van der Waals surface area contributed by atoms with E-state index < -0.39 is 5.54 Å². The van der Waals surface area contributed by atoms with E-state index in [-0.39, 0.29) is 5.97 Å². The maximum absolute atomic E-state index is 11.4. The first-order valence-electron chi connectivity index (χ1n) is 4.86. The topological polar surface area (TPSA) is 52.3 Å². The molecule has 0 saturated heterocycles. The molecule has 0 bridgehead atoms. The van der Waals surface area contributed by atoms with Gasteiger partial charge in [-0.15, -0.1) is 0 Å². The summed E-state index contributed by atoms with van der Waals surface area (Å²) >= 11 is 0. The molecule has 0 spiro atoms. The van der Waals surface area contributed by atoms with Crippen molar-refractivity contribution in [3.63, 3.8) is 0 Å². The highest BCUT2D eigenvalue weighted by Crippen LogP contribution is 2.11. The Morgan fingerprint density at radius 1 is 1.54 bits per heavy atom. The predicted octanol–water partition coefficient (Wildman–Crippen LogP) is 1.70. The molecule has 0 fully saturated rings. The van der Waals surface area contributed by atoms with Gasteiger partial charge >= 0.3 is 5.97 Å². The van der Waals surface area contributed by atoms with Crippen LogP contribution >= 0.6 is 0 Å². The Morgan fingerprint density at radius 2 is 2.08 bits per heavy atom. The average molecular weight is 187 g/mol. The van der Waals surface area contributed by atoms with Crippen LogP contribution in [0.25, 0.3) is 0 Å². The molecule has 0 amide bonds. The van der Waals surface area contributed by atoms with Crippen molar-refractivity contribution in [3.05, 3.63) is 0 Å². The van der Waals surface area contributed by atoms with Crippen LogP contribution in [0.4, 0.5) is 0 Å². The SMILES string of the molecule is CCCC(C)(N)C(=O)OCC(C)C. The lowest BCUT2D eigenvalue weighted by Gasteiger charge is -2.22. The first-order valence-corrected chi connectivity index (χ1v) is 4.86. The zero-order valence-electron chi connectivity index (χ0n) is 9.09.